The Bertz CT molecular complexity index is 1050. The predicted molar refractivity (Wildman–Crippen MR) is 111 cm³/mol. The van der Waals surface area contributed by atoms with Crippen LogP contribution in [0.5, 0.6) is 0 Å². The third kappa shape index (κ3) is 3.66. The van der Waals surface area contributed by atoms with Gasteiger partial charge in [0.25, 0.3) is 0 Å². The first-order chi connectivity index (χ1) is 14.5. The number of hydrogen-bond donors (Lipinski definition) is 1. The molecule has 1 atom stereocenters. The number of carbonyl (C=O) groups excluding carboxylic acids is 1. The van der Waals surface area contributed by atoms with Crippen LogP contribution in [0, 0.1) is 0 Å². The summed E-state index contributed by atoms with van der Waals surface area (Å²) in [4.78, 5) is 25.6. The van der Waals surface area contributed by atoms with Gasteiger partial charge in [0.05, 0.1) is 6.20 Å². The molecule has 4 rings (SSSR count). The molecule has 7 nitrogen and oxygen atoms in total. The number of ether oxygens (including phenoxy) is 1. The van der Waals surface area contributed by atoms with E-state index in [1.54, 1.807) is 24.1 Å². The fraction of sp³-hybridized carbons (Fsp3) is 0.261. The molecule has 1 aliphatic carbocycles. The molecule has 7 heteroatoms. The van der Waals surface area contributed by atoms with Crippen molar-refractivity contribution in [3.8, 4) is 11.1 Å². The highest BCUT2D eigenvalue weighted by Gasteiger charge is 2.32. The van der Waals surface area contributed by atoms with Gasteiger partial charge in [0.2, 0.25) is 0 Å². The van der Waals surface area contributed by atoms with Gasteiger partial charge in [-0.1, -0.05) is 48.5 Å². The molecule has 2 aromatic carbocycles. The number of carboxylic acid groups (broad SMARTS) is 1. The number of aliphatic carboxylic acids is 1. The van der Waals surface area contributed by atoms with Crippen molar-refractivity contribution < 1.29 is 19.4 Å². The van der Waals surface area contributed by atoms with Crippen molar-refractivity contribution in [2.24, 2.45) is 7.05 Å². The Balaban J connectivity index is 1.48. The van der Waals surface area contributed by atoms with E-state index >= 15 is 0 Å². The number of carbonyl (C=O) groups is 2. The van der Waals surface area contributed by atoms with Gasteiger partial charge in [0.1, 0.15) is 12.6 Å². The number of fused-ring (bicyclic) bond motifs is 3. The summed E-state index contributed by atoms with van der Waals surface area (Å²) in [6, 6.07) is 15.1. The van der Waals surface area contributed by atoms with Crippen LogP contribution in [-0.2, 0) is 23.0 Å². The second-order valence-electron chi connectivity index (χ2n) is 7.50. The minimum Gasteiger partial charge on any atom is -0.480 e. The largest absolute Gasteiger partial charge is 0.480 e. The number of nitrogens with zero attached hydrogens (tertiary/aromatic N) is 3. The summed E-state index contributed by atoms with van der Waals surface area (Å²) in [6.07, 6.45) is 2.83. The molecule has 3 aromatic rings. The molecule has 0 radical (unpaired) electrons. The number of amides is 1. The summed E-state index contributed by atoms with van der Waals surface area (Å²) in [6.45, 7) is 0.149. The number of aromatic nitrogens is 2. The lowest BCUT2D eigenvalue weighted by molar-refractivity contribution is -0.142. The second kappa shape index (κ2) is 8.02. The summed E-state index contributed by atoms with van der Waals surface area (Å²) in [5, 5.41) is 13.7. The topological polar surface area (TPSA) is 84.7 Å². The normalized spacial score (nSPS) is 13.4. The predicted octanol–water partition coefficient (Wildman–Crippen LogP) is 3.30. The van der Waals surface area contributed by atoms with Crippen molar-refractivity contribution in [3.05, 3.63) is 77.6 Å². The molecule has 1 unspecified atom stereocenters. The van der Waals surface area contributed by atoms with Crippen LogP contribution >= 0.6 is 0 Å². The molecule has 154 valence electrons. The lowest BCUT2D eigenvalue weighted by Crippen LogP contribution is -2.44. The van der Waals surface area contributed by atoms with Crippen molar-refractivity contribution in [2.75, 3.05) is 13.7 Å². The fourth-order valence-corrected chi connectivity index (χ4v) is 4.01. The van der Waals surface area contributed by atoms with Gasteiger partial charge >= 0.3 is 12.1 Å². The van der Waals surface area contributed by atoms with Gasteiger partial charge in [0.15, 0.2) is 0 Å². The first-order valence-corrected chi connectivity index (χ1v) is 9.74. The lowest BCUT2D eigenvalue weighted by Gasteiger charge is -2.25. The molecule has 0 saturated carbocycles. The molecule has 1 heterocycles. The van der Waals surface area contributed by atoms with E-state index in [4.69, 9.17) is 4.74 Å². The standard InChI is InChI=1S/C23H23N3O4/c1-25-13-15(12-24-25)11-21(22(27)28)26(2)23(29)30-14-20-18-9-5-3-7-16(18)17-8-4-6-10-19(17)20/h3-10,12-13,20-21H,11,14H2,1-2H3,(H,27,28). The lowest BCUT2D eigenvalue weighted by atomic mass is 9.98. The van der Waals surface area contributed by atoms with Crippen molar-refractivity contribution in [2.45, 2.75) is 18.4 Å². The van der Waals surface area contributed by atoms with Crippen LogP contribution < -0.4 is 0 Å². The number of likely N-dealkylation sites (N-methyl/N-ethyl adjacent to an activating group) is 1. The Morgan fingerprint density at radius 2 is 1.73 bits per heavy atom. The molecule has 0 spiro atoms. The summed E-state index contributed by atoms with van der Waals surface area (Å²) in [5.74, 6) is -1.16. The Kier molecular flexibility index (Phi) is 5.27. The molecule has 0 bridgehead atoms. The van der Waals surface area contributed by atoms with Crippen LogP contribution in [0.4, 0.5) is 4.79 Å². The minimum atomic E-state index is -1.09. The van der Waals surface area contributed by atoms with E-state index in [1.165, 1.54) is 7.05 Å². The van der Waals surface area contributed by atoms with Crippen molar-refractivity contribution >= 4 is 12.1 Å². The molecule has 0 aliphatic heterocycles. The number of hydrogen-bond acceptors (Lipinski definition) is 4. The van der Waals surface area contributed by atoms with Crippen LogP contribution in [0.15, 0.2) is 60.9 Å². The third-order valence-electron chi connectivity index (χ3n) is 5.56. The maximum Gasteiger partial charge on any atom is 0.410 e. The van der Waals surface area contributed by atoms with Gasteiger partial charge in [0, 0.05) is 32.6 Å². The smallest absolute Gasteiger partial charge is 0.410 e. The quantitative estimate of drug-likeness (QED) is 0.680. The molecule has 1 N–H and O–H groups in total. The van der Waals surface area contributed by atoms with Crippen LogP contribution in [-0.4, -0.2) is 51.5 Å². The number of rotatable bonds is 6. The molecular weight excluding hydrogens is 382 g/mol. The van der Waals surface area contributed by atoms with Crippen LogP contribution in [0.2, 0.25) is 0 Å². The van der Waals surface area contributed by atoms with Gasteiger partial charge in [-0.25, -0.2) is 9.59 Å². The second-order valence-corrected chi connectivity index (χ2v) is 7.50. The zero-order valence-electron chi connectivity index (χ0n) is 16.9. The summed E-state index contributed by atoms with van der Waals surface area (Å²) < 4.78 is 7.18. The molecule has 0 fully saturated rings. The van der Waals surface area contributed by atoms with Crippen LogP contribution in [0.25, 0.3) is 11.1 Å². The molecule has 30 heavy (non-hydrogen) atoms. The molecular formula is C23H23N3O4. The highest BCUT2D eigenvalue weighted by Crippen LogP contribution is 2.44. The summed E-state index contributed by atoms with van der Waals surface area (Å²) in [5.41, 5.74) is 5.24. The zero-order valence-corrected chi connectivity index (χ0v) is 16.9. The Morgan fingerprint density at radius 3 is 2.27 bits per heavy atom. The Morgan fingerprint density at radius 1 is 1.13 bits per heavy atom. The van der Waals surface area contributed by atoms with Crippen molar-refractivity contribution in [1.82, 2.24) is 14.7 Å². The van der Waals surface area contributed by atoms with E-state index in [0.29, 0.717) is 0 Å². The SMILES string of the molecule is CN(C(=O)OCC1c2ccccc2-c2ccccc21)C(Cc1cnn(C)c1)C(=O)O. The maximum absolute atomic E-state index is 12.7. The molecule has 1 aliphatic rings. The molecule has 1 aromatic heterocycles. The average molecular weight is 405 g/mol. The van der Waals surface area contributed by atoms with E-state index < -0.39 is 18.1 Å². The number of aryl methyl sites for hydroxylation is 1. The van der Waals surface area contributed by atoms with Crippen molar-refractivity contribution in [1.29, 1.82) is 0 Å². The number of benzene rings is 2. The fourth-order valence-electron chi connectivity index (χ4n) is 4.01. The Hall–Kier alpha value is -3.61. The van der Waals surface area contributed by atoms with E-state index in [9.17, 15) is 14.7 Å². The average Bonchev–Trinajstić information content (AvgIpc) is 3.30. The highest BCUT2D eigenvalue weighted by atomic mass is 16.6. The monoisotopic (exact) mass is 405 g/mol. The third-order valence-corrected chi connectivity index (χ3v) is 5.56. The minimum absolute atomic E-state index is 0.0728. The van der Waals surface area contributed by atoms with Crippen LogP contribution in [0.1, 0.15) is 22.6 Å². The molecule has 1 amide bonds. The van der Waals surface area contributed by atoms with E-state index in [-0.39, 0.29) is 18.9 Å². The maximum atomic E-state index is 12.7. The first-order valence-electron chi connectivity index (χ1n) is 9.74. The van der Waals surface area contributed by atoms with Gasteiger partial charge in [-0.3, -0.25) is 9.58 Å². The van der Waals surface area contributed by atoms with E-state index in [2.05, 4.69) is 17.2 Å². The van der Waals surface area contributed by atoms with Gasteiger partial charge < -0.3 is 9.84 Å². The van der Waals surface area contributed by atoms with Gasteiger partial charge in [-0.2, -0.15) is 5.10 Å². The number of carboxylic acids is 1. The first kappa shape index (κ1) is 19.7. The van der Waals surface area contributed by atoms with E-state index in [1.807, 2.05) is 36.4 Å². The molecule has 0 saturated heterocycles. The Labute approximate surface area is 174 Å². The summed E-state index contributed by atoms with van der Waals surface area (Å²) >= 11 is 0. The van der Waals surface area contributed by atoms with Gasteiger partial charge in [-0.15, -0.1) is 0 Å². The highest BCUT2D eigenvalue weighted by molar-refractivity contribution is 5.81. The van der Waals surface area contributed by atoms with Crippen LogP contribution in [0.3, 0.4) is 0 Å². The van der Waals surface area contributed by atoms with Gasteiger partial charge in [-0.05, 0) is 27.8 Å². The van der Waals surface area contributed by atoms with Crippen molar-refractivity contribution in [3.63, 3.8) is 0 Å². The summed E-state index contributed by atoms with van der Waals surface area (Å²) in [7, 11) is 3.21. The zero-order chi connectivity index (χ0) is 21.3. The van der Waals surface area contributed by atoms with E-state index in [0.717, 1.165) is 32.7 Å².